The van der Waals surface area contributed by atoms with Crippen LogP contribution in [-0.4, -0.2) is 23.0 Å². The van der Waals surface area contributed by atoms with Gasteiger partial charge < -0.3 is 15.2 Å². The molecule has 18 heavy (non-hydrogen) atoms. The van der Waals surface area contributed by atoms with Crippen LogP contribution >= 0.6 is 0 Å². The van der Waals surface area contributed by atoms with E-state index in [1.54, 1.807) is 26.8 Å². The number of aryl methyl sites for hydroxylation is 1. The number of carbonyl (C=O) groups excluding carboxylic acids is 2. The van der Waals surface area contributed by atoms with Crippen LogP contribution in [0.4, 0.5) is 5.82 Å². The summed E-state index contributed by atoms with van der Waals surface area (Å²) in [4.78, 5) is 24.0. The Morgan fingerprint density at radius 1 is 1.39 bits per heavy atom. The quantitative estimate of drug-likeness (QED) is 0.788. The minimum Gasteiger partial charge on any atom is -0.360 e. The summed E-state index contributed by atoms with van der Waals surface area (Å²) in [5, 5.41) is 9.06. The first-order chi connectivity index (χ1) is 8.39. The Balaban J connectivity index is 1.99. The minimum atomic E-state index is -1.13. The zero-order valence-electron chi connectivity index (χ0n) is 10.7. The van der Waals surface area contributed by atoms with Gasteiger partial charge >= 0.3 is 0 Å². The molecule has 0 saturated heterocycles. The Kier molecular flexibility index (Phi) is 3.11. The molecule has 1 aliphatic rings. The SMILES string of the molecule is Cc1cc(NC(=O)C(C)(C)C(=O)NC2CC2)no1. The maximum Gasteiger partial charge on any atom is 0.240 e. The highest BCUT2D eigenvalue weighted by Crippen LogP contribution is 2.24. The number of amides is 2. The molecule has 1 aliphatic carbocycles. The van der Waals surface area contributed by atoms with Crippen molar-refractivity contribution in [3.63, 3.8) is 0 Å². The van der Waals surface area contributed by atoms with E-state index in [0.29, 0.717) is 11.6 Å². The Bertz CT molecular complexity index is 475. The van der Waals surface area contributed by atoms with Crippen LogP contribution in [0.5, 0.6) is 0 Å². The van der Waals surface area contributed by atoms with Crippen molar-refractivity contribution in [2.24, 2.45) is 5.41 Å². The Morgan fingerprint density at radius 3 is 2.56 bits per heavy atom. The molecule has 6 nitrogen and oxygen atoms in total. The predicted octanol–water partition coefficient (Wildman–Crippen LogP) is 1.23. The van der Waals surface area contributed by atoms with Crippen molar-refractivity contribution < 1.29 is 14.1 Å². The zero-order valence-corrected chi connectivity index (χ0v) is 10.7. The largest absolute Gasteiger partial charge is 0.360 e. The van der Waals surface area contributed by atoms with E-state index in [1.165, 1.54) is 0 Å². The van der Waals surface area contributed by atoms with Crippen molar-refractivity contribution in [1.29, 1.82) is 0 Å². The summed E-state index contributed by atoms with van der Waals surface area (Å²) in [6, 6.07) is 1.84. The van der Waals surface area contributed by atoms with E-state index in [-0.39, 0.29) is 11.9 Å². The molecule has 1 fully saturated rings. The third-order valence-corrected chi connectivity index (χ3v) is 2.92. The van der Waals surface area contributed by atoms with Gasteiger partial charge in [0.15, 0.2) is 5.82 Å². The van der Waals surface area contributed by atoms with Gasteiger partial charge in [-0.25, -0.2) is 0 Å². The summed E-state index contributed by atoms with van der Waals surface area (Å²) in [5.74, 6) is 0.270. The highest BCUT2D eigenvalue weighted by molar-refractivity contribution is 6.09. The second-order valence-electron chi connectivity index (χ2n) is 5.15. The fraction of sp³-hybridized carbons (Fsp3) is 0.583. The molecule has 0 bridgehead atoms. The predicted molar refractivity (Wildman–Crippen MR) is 64.8 cm³/mol. The van der Waals surface area contributed by atoms with Crippen molar-refractivity contribution in [1.82, 2.24) is 10.5 Å². The van der Waals surface area contributed by atoms with E-state index in [0.717, 1.165) is 12.8 Å². The van der Waals surface area contributed by atoms with E-state index in [4.69, 9.17) is 4.52 Å². The first-order valence-corrected chi connectivity index (χ1v) is 5.95. The summed E-state index contributed by atoms with van der Waals surface area (Å²) in [6.45, 7) is 4.91. The molecule has 2 amide bonds. The first kappa shape index (κ1) is 12.6. The molecule has 0 atom stereocenters. The van der Waals surface area contributed by atoms with Crippen LogP contribution in [0.15, 0.2) is 10.6 Å². The first-order valence-electron chi connectivity index (χ1n) is 5.95. The van der Waals surface area contributed by atoms with Crippen molar-refractivity contribution >= 4 is 17.6 Å². The van der Waals surface area contributed by atoms with Gasteiger partial charge in [0.05, 0.1) is 0 Å². The summed E-state index contributed by atoms with van der Waals surface area (Å²) >= 11 is 0. The average Bonchev–Trinajstić information content (AvgIpc) is 3.01. The normalized spacial score (nSPS) is 15.3. The van der Waals surface area contributed by atoms with Crippen LogP contribution in [0.1, 0.15) is 32.4 Å². The number of hydrogen-bond donors (Lipinski definition) is 2. The van der Waals surface area contributed by atoms with Gasteiger partial charge in [0.25, 0.3) is 0 Å². The number of rotatable bonds is 4. The van der Waals surface area contributed by atoms with Gasteiger partial charge in [-0.05, 0) is 33.6 Å². The molecule has 0 aliphatic heterocycles. The van der Waals surface area contributed by atoms with Crippen LogP contribution < -0.4 is 10.6 Å². The van der Waals surface area contributed by atoms with Crippen LogP contribution in [-0.2, 0) is 9.59 Å². The van der Waals surface area contributed by atoms with Gasteiger partial charge in [-0.1, -0.05) is 5.16 Å². The molecule has 1 aromatic rings. The molecule has 0 unspecified atom stereocenters. The molecule has 2 N–H and O–H groups in total. The molecule has 0 radical (unpaired) electrons. The van der Waals surface area contributed by atoms with E-state index in [2.05, 4.69) is 15.8 Å². The highest BCUT2D eigenvalue weighted by atomic mass is 16.5. The van der Waals surface area contributed by atoms with Crippen molar-refractivity contribution in [3.05, 3.63) is 11.8 Å². The Morgan fingerprint density at radius 2 is 2.06 bits per heavy atom. The van der Waals surface area contributed by atoms with E-state index in [9.17, 15) is 9.59 Å². The summed E-state index contributed by atoms with van der Waals surface area (Å²) in [7, 11) is 0. The van der Waals surface area contributed by atoms with Gasteiger partial charge in [0, 0.05) is 12.1 Å². The van der Waals surface area contributed by atoms with E-state index in [1.807, 2.05) is 0 Å². The second-order valence-corrected chi connectivity index (χ2v) is 5.15. The number of anilines is 1. The molecule has 2 rings (SSSR count). The molecular weight excluding hydrogens is 234 g/mol. The summed E-state index contributed by atoms with van der Waals surface area (Å²) in [6.07, 6.45) is 1.98. The van der Waals surface area contributed by atoms with E-state index >= 15 is 0 Å². The van der Waals surface area contributed by atoms with Gasteiger partial charge in [-0.3, -0.25) is 9.59 Å². The monoisotopic (exact) mass is 251 g/mol. The topological polar surface area (TPSA) is 84.2 Å². The third kappa shape index (κ3) is 2.69. The molecule has 0 spiro atoms. The zero-order chi connectivity index (χ0) is 13.3. The molecular formula is C12H17N3O3. The van der Waals surface area contributed by atoms with Crippen LogP contribution in [0.2, 0.25) is 0 Å². The fourth-order valence-electron chi connectivity index (χ4n) is 1.39. The third-order valence-electron chi connectivity index (χ3n) is 2.92. The lowest BCUT2D eigenvalue weighted by Crippen LogP contribution is -2.45. The van der Waals surface area contributed by atoms with Crippen LogP contribution in [0.3, 0.4) is 0 Å². The number of hydrogen-bond acceptors (Lipinski definition) is 4. The van der Waals surface area contributed by atoms with Gasteiger partial charge in [0.1, 0.15) is 11.2 Å². The lowest BCUT2D eigenvalue weighted by atomic mass is 9.91. The molecule has 1 aromatic heterocycles. The molecule has 1 heterocycles. The molecule has 0 aromatic carbocycles. The number of nitrogens with zero attached hydrogens (tertiary/aromatic N) is 1. The molecule has 98 valence electrons. The van der Waals surface area contributed by atoms with Crippen LogP contribution in [0, 0.1) is 12.3 Å². The van der Waals surface area contributed by atoms with Crippen molar-refractivity contribution in [2.45, 2.75) is 39.7 Å². The van der Waals surface area contributed by atoms with Gasteiger partial charge in [0.2, 0.25) is 11.8 Å². The lowest BCUT2D eigenvalue weighted by Gasteiger charge is -2.21. The summed E-state index contributed by atoms with van der Waals surface area (Å²) < 4.78 is 4.85. The standard InChI is InChI=1S/C12H17N3O3/c1-7-6-9(15-18-7)14-11(17)12(2,3)10(16)13-8-4-5-8/h6,8H,4-5H2,1-3H3,(H,13,16)(H,14,15,17). The number of nitrogens with one attached hydrogen (secondary N) is 2. The lowest BCUT2D eigenvalue weighted by molar-refractivity contribution is -0.138. The van der Waals surface area contributed by atoms with Crippen molar-refractivity contribution in [3.8, 4) is 0 Å². The minimum absolute atomic E-state index is 0.235. The highest BCUT2D eigenvalue weighted by Gasteiger charge is 2.39. The Hall–Kier alpha value is -1.85. The van der Waals surface area contributed by atoms with Crippen molar-refractivity contribution in [2.75, 3.05) is 5.32 Å². The fourth-order valence-corrected chi connectivity index (χ4v) is 1.39. The second kappa shape index (κ2) is 4.44. The van der Waals surface area contributed by atoms with Crippen LogP contribution in [0.25, 0.3) is 0 Å². The maximum atomic E-state index is 12.0. The number of carbonyl (C=O) groups is 2. The summed E-state index contributed by atoms with van der Waals surface area (Å²) in [5.41, 5.74) is -1.13. The average molecular weight is 251 g/mol. The van der Waals surface area contributed by atoms with E-state index < -0.39 is 11.3 Å². The Labute approximate surface area is 105 Å². The van der Waals surface area contributed by atoms with Gasteiger partial charge in [-0.2, -0.15) is 0 Å². The molecule has 1 saturated carbocycles. The maximum absolute atomic E-state index is 12.0. The molecule has 6 heteroatoms. The van der Waals surface area contributed by atoms with Gasteiger partial charge in [-0.15, -0.1) is 0 Å². The number of aromatic nitrogens is 1. The smallest absolute Gasteiger partial charge is 0.240 e.